The Morgan fingerprint density at radius 2 is 2.00 bits per heavy atom. The fourth-order valence-corrected chi connectivity index (χ4v) is 2.13. The van der Waals surface area contributed by atoms with E-state index in [0.717, 1.165) is 11.3 Å². The van der Waals surface area contributed by atoms with E-state index in [4.69, 9.17) is 16.0 Å². The van der Waals surface area contributed by atoms with E-state index in [1.54, 1.807) is 11.2 Å². The molecule has 0 aliphatic carbocycles. The first-order valence-corrected chi connectivity index (χ1v) is 6.68. The highest BCUT2D eigenvalue weighted by Gasteiger charge is 2.22. The quantitative estimate of drug-likeness (QED) is 0.782. The molecule has 1 heterocycles. The number of hydrogen-bond acceptors (Lipinski definition) is 2. The molecule has 1 unspecified atom stereocenters. The molecule has 0 radical (unpaired) electrons. The first-order chi connectivity index (χ1) is 9.22. The summed E-state index contributed by atoms with van der Waals surface area (Å²) in [7, 11) is 0. The zero-order valence-electron chi connectivity index (χ0n) is 10.8. The summed E-state index contributed by atoms with van der Waals surface area (Å²) in [6.07, 6.45) is 1.61. The predicted octanol–water partition coefficient (Wildman–Crippen LogP) is 3.61. The van der Waals surface area contributed by atoms with Gasteiger partial charge in [-0.1, -0.05) is 30.3 Å². The maximum absolute atomic E-state index is 12.0. The van der Waals surface area contributed by atoms with E-state index in [1.165, 1.54) is 0 Å². The zero-order chi connectivity index (χ0) is 13.7. The van der Waals surface area contributed by atoms with Crippen LogP contribution in [-0.2, 0) is 11.3 Å². The van der Waals surface area contributed by atoms with Gasteiger partial charge in [0.1, 0.15) is 11.6 Å². The van der Waals surface area contributed by atoms with Gasteiger partial charge < -0.3 is 9.32 Å². The van der Waals surface area contributed by atoms with Gasteiger partial charge in [-0.15, -0.1) is 11.6 Å². The molecule has 19 heavy (non-hydrogen) atoms. The molecule has 1 amide bonds. The van der Waals surface area contributed by atoms with Crippen LogP contribution in [-0.4, -0.2) is 16.7 Å². The average molecular weight is 278 g/mol. The predicted molar refractivity (Wildman–Crippen MR) is 74.8 cm³/mol. The van der Waals surface area contributed by atoms with Crippen molar-refractivity contribution in [3.63, 3.8) is 0 Å². The summed E-state index contributed by atoms with van der Waals surface area (Å²) in [4.78, 5) is 13.7. The smallest absolute Gasteiger partial charge is 0.238 e. The minimum atomic E-state index is -0.138. The number of alkyl halides is 1. The van der Waals surface area contributed by atoms with Gasteiger partial charge in [-0.2, -0.15) is 0 Å². The molecule has 0 bridgehead atoms. The maximum atomic E-state index is 12.0. The summed E-state index contributed by atoms with van der Waals surface area (Å²) < 4.78 is 5.37. The highest BCUT2D eigenvalue weighted by molar-refractivity contribution is 6.27. The Morgan fingerprint density at radius 3 is 2.58 bits per heavy atom. The van der Waals surface area contributed by atoms with Crippen LogP contribution in [0.5, 0.6) is 0 Å². The SMILES string of the molecule is CC(c1ccco1)N(Cc1ccccc1)C(=O)CCl. The summed E-state index contributed by atoms with van der Waals surface area (Å²) >= 11 is 5.70. The lowest BCUT2D eigenvalue weighted by Gasteiger charge is -2.27. The topological polar surface area (TPSA) is 33.5 Å². The number of furan rings is 1. The number of carbonyl (C=O) groups is 1. The second-order valence-corrected chi connectivity index (χ2v) is 4.60. The van der Waals surface area contributed by atoms with Crippen molar-refractivity contribution in [2.45, 2.75) is 19.5 Å². The van der Waals surface area contributed by atoms with Gasteiger partial charge in [0.15, 0.2) is 0 Å². The van der Waals surface area contributed by atoms with E-state index in [1.807, 2.05) is 49.4 Å². The Hall–Kier alpha value is -1.74. The van der Waals surface area contributed by atoms with Gasteiger partial charge in [-0.25, -0.2) is 0 Å². The van der Waals surface area contributed by atoms with Gasteiger partial charge in [-0.05, 0) is 24.6 Å². The van der Waals surface area contributed by atoms with E-state index < -0.39 is 0 Å². The van der Waals surface area contributed by atoms with Crippen LogP contribution >= 0.6 is 11.6 Å². The molecule has 100 valence electrons. The third-order valence-electron chi connectivity index (χ3n) is 3.05. The van der Waals surface area contributed by atoms with Crippen molar-refractivity contribution in [3.05, 3.63) is 60.1 Å². The molecule has 0 aliphatic rings. The van der Waals surface area contributed by atoms with Crippen molar-refractivity contribution in [2.75, 3.05) is 5.88 Å². The molecule has 3 nitrogen and oxygen atoms in total. The fraction of sp³-hybridized carbons (Fsp3) is 0.267. The molecule has 2 rings (SSSR count). The van der Waals surface area contributed by atoms with Crippen molar-refractivity contribution in [1.29, 1.82) is 0 Å². The molecule has 0 saturated carbocycles. The van der Waals surface area contributed by atoms with Gasteiger partial charge >= 0.3 is 0 Å². The van der Waals surface area contributed by atoms with E-state index in [9.17, 15) is 4.79 Å². The third-order valence-corrected chi connectivity index (χ3v) is 3.28. The second kappa shape index (κ2) is 6.43. The number of hydrogen-bond donors (Lipinski definition) is 0. The highest BCUT2D eigenvalue weighted by atomic mass is 35.5. The molecular weight excluding hydrogens is 262 g/mol. The lowest BCUT2D eigenvalue weighted by Crippen LogP contribution is -2.33. The molecule has 0 aliphatic heterocycles. The molecule has 2 aromatic rings. The van der Waals surface area contributed by atoms with Crippen molar-refractivity contribution in [2.24, 2.45) is 0 Å². The summed E-state index contributed by atoms with van der Waals surface area (Å²) in [5, 5.41) is 0. The van der Waals surface area contributed by atoms with Crippen molar-refractivity contribution >= 4 is 17.5 Å². The molecule has 0 spiro atoms. The van der Waals surface area contributed by atoms with Gasteiger partial charge in [0.05, 0.1) is 12.3 Å². The van der Waals surface area contributed by atoms with Crippen LogP contribution in [0.25, 0.3) is 0 Å². The van der Waals surface area contributed by atoms with E-state index in [0.29, 0.717) is 6.54 Å². The molecule has 4 heteroatoms. The molecule has 1 aromatic carbocycles. The Morgan fingerprint density at radius 1 is 1.26 bits per heavy atom. The van der Waals surface area contributed by atoms with Crippen LogP contribution < -0.4 is 0 Å². The van der Waals surface area contributed by atoms with Gasteiger partial charge in [-0.3, -0.25) is 4.79 Å². The molecule has 1 atom stereocenters. The first kappa shape index (κ1) is 13.7. The maximum Gasteiger partial charge on any atom is 0.238 e. The van der Waals surface area contributed by atoms with Crippen LogP contribution in [0.2, 0.25) is 0 Å². The average Bonchev–Trinajstić information content (AvgIpc) is 2.98. The Balaban J connectivity index is 2.19. The van der Waals surface area contributed by atoms with Crippen LogP contribution in [0.1, 0.15) is 24.3 Å². The summed E-state index contributed by atoms with van der Waals surface area (Å²) in [5.74, 6) is 0.626. The zero-order valence-corrected chi connectivity index (χ0v) is 11.5. The van der Waals surface area contributed by atoms with Gasteiger partial charge in [0.2, 0.25) is 5.91 Å². The normalized spacial score (nSPS) is 12.1. The lowest BCUT2D eigenvalue weighted by molar-refractivity contribution is -0.131. The second-order valence-electron chi connectivity index (χ2n) is 4.33. The van der Waals surface area contributed by atoms with Crippen molar-refractivity contribution in [1.82, 2.24) is 4.90 Å². The summed E-state index contributed by atoms with van der Waals surface area (Å²) in [5.41, 5.74) is 1.07. The van der Waals surface area contributed by atoms with Gasteiger partial charge in [0, 0.05) is 6.54 Å². The molecule has 0 N–H and O–H groups in total. The standard InChI is InChI=1S/C15H16ClNO2/c1-12(14-8-5-9-19-14)17(15(18)10-16)11-13-6-3-2-4-7-13/h2-9,12H,10-11H2,1H3. The first-order valence-electron chi connectivity index (χ1n) is 6.15. The molecule has 0 fully saturated rings. The number of amides is 1. The Kier molecular flexibility index (Phi) is 4.63. The summed E-state index contributed by atoms with van der Waals surface area (Å²) in [6.45, 7) is 2.46. The highest BCUT2D eigenvalue weighted by Crippen LogP contribution is 2.23. The van der Waals surface area contributed by atoms with Crippen molar-refractivity contribution in [3.8, 4) is 0 Å². The van der Waals surface area contributed by atoms with E-state index in [2.05, 4.69) is 0 Å². The number of nitrogens with zero attached hydrogens (tertiary/aromatic N) is 1. The Bertz CT molecular complexity index is 510. The van der Waals surface area contributed by atoms with Crippen LogP contribution in [0.4, 0.5) is 0 Å². The van der Waals surface area contributed by atoms with E-state index >= 15 is 0 Å². The van der Waals surface area contributed by atoms with Crippen LogP contribution in [0.15, 0.2) is 53.1 Å². The number of benzene rings is 1. The number of carbonyl (C=O) groups excluding carboxylic acids is 1. The molecule has 1 aromatic heterocycles. The number of rotatable bonds is 5. The van der Waals surface area contributed by atoms with Crippen LogP contribution in [0, 0.1) is 0 Å². The Labute approximate surface area is 117 Å². The molecule has 0 saturated heterocycles. The number of halogens is 1. The van der Waals surface area contributed by atoms with E-state index in [-0.39, 0.29) is 17.8 Å². The lowest BCUT2D eigenvalue weighted by atomic mass is 10.1. The fourth-order valence-electron chi connectivity index (χ4n) is 1.98. The minimum Gasteiger partial charge on any atom is -0.467 e. The largest absolute Gasteiger partial charge is 0.467 e. The molecular formula is C15H16ClNO2. The monoisotopic (exact) mass is 277 g/mol. The van der Waals surface area contributed by atoms with Crippen LogP contribution in [0.3, 0.4) is 0 Å². The summed E-state index contributed by atoms with van der Waals surface area (Å²) in [6, 6.07) is 13.4. The van der Waals surface area contributed by atoms with Crippen molar-refractivity contribution < 1.29 is 9.21 Å². The third kappa shape index (κ3) is 3.38. The van der Waals surface area contributed by atoms with Gasteiger partial charge in [0.25, 0.3) is 0 Å². The minimum absolute atomic E-state index is 0.0299.